The highest BCUT2D eigenvalue weighted by molar-refractivity contribution is 9.11. The van der Waals surface area contributed by atoms with Gasteiger partial charge in [0.1, 0.15) is 11.6 Å². The zero-order valence-corrected chi connectivity index (χ0v) is 15.8. The Balaban J connectivity index is 1.85. The monoisotopic (exact) mass is 471 g/mol. The van der Waals surface area contributed by atoms with E-state index in [-0.39, 0.29) is 17.9 Å². The quantitative estimate of drug-likeness (QED) is 0.461. The van der Waals surface area contributed by atoms with Gasteiger partial charge in [-0.2, -0.15) is 5.10 Å². The Labute approximate surface area is 159 Å². The molecule has 3 N–H and O–H groups in total. The summed E-state index contributed by atoms with van der Waals surface area (Å²) in [5, 5.41) is 15.7. The van der Waals surface area contributed by atoms with Crippen molar-refractivity contribution in [1.82, 2.24) is 10.7 Å². The van der Waals surface area contributed by atoms with Gasteiger partial charge in [0, 0.05) is 5.56 Å². The van der Waals surface area contributed by atoms with Crippen LogP contribution in [0.2, 0.25) is 0 Å². The molecule has 0 unspecified atom stereocenters. The Bertz CT molecular complexity index is 820. The minimum absolute atomic E-state index is 0.0567. The predicted octanol–water partition coefficient (Wildman–Crippen LogP) is 2.94. The number of hydrogen-bond donors (Lipinski definition) is 3. The van der Waals surface area contributed by atoms with E-state index < -0.39 is 17.6 Å². The van der Waals surface area contributed by atoms with E-state index in [4.69, 9.17) is 0 Å². The average Bonchev–Trinajstić information content (AvgIpc) is 2.57. The van der Waals surface area contributed by atoms with E-state index in [1.165, 1.54) is 24.4 Å². The molecule has 0 atom stereocenters. The van der Waals surface area contributed by atoms with Crippen LogP contribution in [-0.2, 0) is 4.79 Å². The number of rotatable bonds is 5. The van der Waals surface area contributed by atoms with Gasteiger partial charge in [0.05, 0.1) is 21.7 Å². The molecule has 25 heavy (non-hydrogen) atoms. The number of amides is 2. The largest absolute Gasteiger partial charge is 0.506 e. The molecule has 0 heterocycles. The molecule has 0 aliphatic rings. The van der Waals surface area contributed by atoms with Crippen molar-refractivity contribution in [3.8, 4) is 5.75 Å². The highest BCUT2D eigenvalue weighted by atomic mass is 79.9. The third kappa shape index (κ3) is 5.64. The molecule has 0 radical (unpaired) electrons. The van der Waals surface area contributed by atoms with Gasteiger partial charge in [-0.1, -0.05) is 6.07 Å². The van der Waals surface area contributed by atoms with E-state index in [0.717, 1.165) is 6.07 Å². The van der Waals surface area contributed by atoms with Gasteiger partial charge in [0.25, 0.3) is 11.8 Å². The van der Waals surface area contributed by atoms with Gasteiger partial charge < -0.3 is 10.4 Å². The number of carbonyl (C=O) groups is 2. The second-order valence-corrected chi connectivity index (χ2v) is 6.53. The number of aromatic hydroxyl groups is 1. The maximum absolute atomic E-state index is 13.0. The molecule has 2 rings (SSSR count). The molecule has 0 aliphatic carbocycles. The minimum Gasteiger partial charge on any atom is -0.506 e. The lowest BCUT2D eigenvalue weighted by molar-refractivity contribution is -0.120. The number of hydrogen-bond acceptors (Lipinski definition) is 4. The number of nitrogens with one attached hydrogen (secondary N) is 2. The summed E-state index contributed by atoms with van der Waals surface area (Å²) < 4.78 is 14.0. The second-order valence-electron chi connectivity index (χ2n) is 4.82. The molecule has 0 aromatic heterocycles. The predicted molar refractivity (Wildman–Crippen MR) is 98.0 cm³/mol. The maximum atomic E-state index is 13.0. The van der Waals surface area contributed by atoms with Crippen molar-refractivity contribution in [2.75, 3.05) is 6.54 Å². The number of nitrogens with zero attached hydrogens (tertiary/aromatic N) is 1. The lowest BCUT2D eigenvalue weighted by atomic mass is 10.2. The van der Waals surface area contributed by atoms with E-state index in [1.54, 1.807) is 12.1 Å². The first-order valence-corrected chi connectivity index (χ1v) is 8.49. The van der Waals surface area contributed by atoms with Crippen LogP contribution in [0.1, 0.15) is 15.9 Å². The Morgan fingerprint density at radius 3 is 2.52 bits per heavy atom. The van der Waals surface area contributed by atoms with Crippen molar-refractivity contribution in [2.45, 2.75) is 0 Å². The third-order valence-electron chi connectivity index (χ3n) is 2.94. The van der Waals surface area contributed by atoms with Crippen molar-refractivity contribution < 1.29 is 19.1 Å². The van der Waals surface area contributed by atoms with Crippen LogP contribution < -0.4 is 10.7 Å². The van der Waals surface area contributed by atoms with Crippen LogP contribution >= 0.6 is 31.9 Å². The van der Waals surface area contributed by atoms with E-state index >= 15 is 0 Å². The number of phenols is 1. The Hall–Kier alpha value is -2.26. The molecule has 2 aromatic carbocycles. The SMILES string of the molecule is O=C(CNC(=O)c1cccc(F)c1)N/N=C/c1cc(Br)c(O)c(Br)c1. The van der Waals surface area contributed by atoms with Crippen LogP contribution in [0.5, 0.6) is 5.75 Å². The molecule has 2 amide bonds. The van der Waals surface area contributed by atoms with Gasteiger partial charge in [-0.15, -0.1) is 0 Å². The number of benzene rings is 2. The molecular weight excluding hydrogens is 461 g/mol. The van der Waals surface area contributed by atoms with Gasteiger partial charge in [-0.25, -0.2) is 9.82 Å². The number of hydrazone groups is 1. The van der Waals surface area contributed by atoms with Gasteiger partial charge in [0.2, 0.25) is 0 Å². The molecule has 0 bridgehead atoms. The fraction of sp³-hybridized carbons (Fsp3) is 0.0625. The molecule has 6 nitrogen and oxygen atoms in total. The van der Waals surface area contributed by atoms with E-state index in [9.17, 15) is 19.1 Å². The fourth-order valence-corrected chi connectivity index (χ4v) is 2.99. The average molecular weight is 473 g/mol. The van der Waals surface area contributed by atoms with Crippen molar-refractivity contribution in [3.63, 3.8) is 0 Å². The smallest absolute Gasteiger partial charge is 0.259 e. The summed E-state index contributed by atoms with van der Waals surface area (Å²) in [6, 6.07) is 8.37. The normalized spacial score (nSPS) is 10.7. The standard InChI is InChI=1S/C16H12Br2FN3O3/c17-12-4-9(5-13(18)15(12)24)7-21-22-14(23)8-20-16(25)10-2-1-3-11(19)6-10/h1-7,24H,8H2,(H,20,25)(H,22,23)/b21-7+. The van der Waals surface area contributed by atoms with Crippen LogP contribution in [-0.4, -0.2) is 29.7 Å². The van der Waals surface area contributed by atoms with Gasteiger partial charge in [-0.3, -0.25) is 9.59 Å². The summed E-state index contributed by atoms with van der Waals surface area (Å²) in [6.07, 6.45) is 1.38. The van der Waals surface area contributed by atoms with Gasteiger partial charge >= 0.3 is 0 Å². The fourth-order valence-electron chi connectivity index (χ4n) is 1.77. The molecular formula is C16H12Br2FN3O3. The van der Waals surface area contributed by atoms with Crippen molar-refractivity contribution in [3.05, 3.63) is 62.3 Å². The maximum Gasteiger partial charge on any atom is 0.259 e. The van der Waals surface area contributed by atoms with Crippen LogP contribution in [0, 0.1) is 5.82 Å². The van der Waals surface area contributed by atoms with Crippen LogP contribution in [0.4, 0.5) is 4.39 Å². The van der Waals surface area contributed by atoms with Crippen molar-refractivity contribution >= 4 is 49.9 Å². The number of phenolic OH excluding ortho intramolecular Hbond substituents is 1. The third-order valence-corrected chi connectivity index (χ3v) is 4.15. The van der Waals surface area contributed by atoms with Crippen molar-refractivity contribution in [2.24, 2.45) is 5.10 Å². The summed E-state index contributed by atoms with van der Waals surface area (Å²) in [6.45, 7) is -0.310. The summed E-state index contributed by atoms with van der Waals surface area (Å²) >= 11 is 6.37. The van der Waals surface area contributed by atoms with Crippen LogP contribution in [0.15, 0.2) is 50.4 Å². The minimum atomic E-state index is -0.565. The topological polar surface area (TPSA) is 90.8 Å². The Morgan fingerprint density at radius 2 is 1.88 bits per heavy atom. The van der Waals surface area contributed by atoms with Gasteiger partial charge in [0.15, 0.2) is 0 Å². The Morgan fingerprint density at radius 1 is 1.20 bits per heavy atom. The lowest BCUT2D eigenvalue weighted by Gasteiger charge is -2.04. The molecule has 130 valence electrons. The number of carbonyl (C=O) groups excluding carboxylic acids is 2. The Kier molecular flexibility index (Phi) is 6.65. The summed E-state index contributed by atoms with van der Waals surface area (Å²) in [5.41, 5.74) is 3.00. The van der Waals surface area contributed by atoms with Crippen LogP contribution in [0.25, 0.3) is 0 Å². The lowest BCUT2D eigenvalue weighted by Crippen LogP contribution is -2.34. The summed E-state index contributed by atoms with van der Waals surface area (Å²) in [4.78, 5) is 23.4. The molecule has 9 heteroatoms. The molecule has 0 aliphatic heterocycles. The summed E-state index contributed by atoms with van der Waals surface area (Å²) in [7, 11) is 0. The highest BCUT2D eigenvalue weighted by Gasteiger charge is 2.08. The number of halogens is 3. The molecule has 0 saturated carbocycles. The van der Waals surface area contributed by atoms with E-state index in [2.05, 4.69) is 47.7 Å². The zero-order chi connectivity index (χ0) is 18.4. The summed E-state index contributed by atoms with van der Waals surface area (Å²) in [5.74, 6) is -1.59. The van der Waals surface area contributed by atoms with E-state index in [1.807, 2.05) is 0 Å². The van der Waals surface area contributed by atoms with Crippen molar-refractivity contribution in [1.29, 1.82) is 0 Å². The van der Waals surface area contributed by atoms with Gasteiger partial charge in [-0.05, 0) is 67.8 Å². The zero-order valence-electron chi connectivity index (χ0n) is 12.6. The first kappa shape index (κ1) is 19.1. The second kappa shape index (κ2) is 8.72. The first-order valence-electron chi connectivity index (χ1n) is 6.90. The molecule has 0 fully saturated rings. The van der Waals surface area contributed by atoms with E-state index in [0.29, 0.717) is 14.5 Å². The molecule has 2 aromatic rings. The highest BCUT2D eigenvalue weighted by Crippen LogP contribution is 2.32. The molecule has 0 saturated heterocycles. The first-order chi connectivity index (χ1) is 11.9. The van der Waals surface area contributed by atoms with Crippen LogP contribution in [0.3, 0.4) is 0 Å². The molecule has 0 spiro atoms.